The third kappa shape index (κ3) is 3.55. The van der Waals surface area contributed by atoms with Crippen LogP contribution in [-0.2, 0) is 10.0 Å². The highest BCUT2D eigenvalue weighted by molar-refractivity contribution is 7.89. The number of hydrogen-bond acceptors (Lipinski definition) is 5. The number of sulfonamides is 1. The standard InChI is InChI=1S/C19H17F2N3O3S/c20-15-7-5-14(6-8-15)19-22-18(23-27-19)13-9-11-24(12-10-13)28(25,26)17-4-2-1-3-16(17)21/h1-8,13H,9-12H2. The summed E-state index contributed by atoms with van der Waals surface area (Å²) in [6.07, 6.45) is 0.992. The first-order valence-corrected chi connectivity index (χ1v) is 10.2. The summed E-state index contributed by atoms with van der Waals surface area (Å²) >= 11 is 0. The molecule has 0 spiro atoms. The number of rotatable bonds is 4. The van der Waals surface area contributed by atoms with E-state index in [0.717, 1.165) is 6.07 Å². The first-order chi connectivity index (χ1) is 13.4. The van der Waals surface area contributed by atoms with Gasteiger partial charge < -0.3 is 4.52 Å². The Balaban J connectivity index is 1.46. The van der Waals surface area contributed by atoms with Gasteiger partial charge in [-0.15, -0.1) is 0 Å². The molecule has 0 N–H and O–H groups in total. The molecule has 1 aliphatic heterocycles. The number of piperidine rings is 1. The van der Waals surface area contributed by atoms with Crippen molar-refractivity contribution in [2.75, 3.05) is 13.1 Å². The molecule has 0 atom stereocenters. The molecule has 0 bridgehead atoms. The highest BCUT2D eigenvalue weighted by Gasteiger charge is 2.33. The van der Waals surface area contributed by atoms with Crippen LogP contribution >= 0.6 is 0 Å². The maximum absolute atomic E-state index is 13.9. The smallest absolute Gasteiger partial charge is 0.257 e. The van der Waals surface area contributed by atoms with Gasteiger partial charge in [-0.1, -0.05) is 17.3 Å². The molecule has 1 saturated heterocycles. The lowest BCUT2D eigenvalue weighted by molar-refractivity contribution is 0.306. The van der Waals surface area contributed by atoms with Gasteiger partial charge in [0, 0.05) is 24.6 Å². The number of benzene rings is 2. The topological polar surface area (TPSA) is 76.3 Å². The summed E-state index contributed by atoms with van der Waals surface area (Å²) in [6, 6.07) is 11.1. The van der Waals surface area contributed by atoms with Gasteiger partial charge in [0.15, 0.2) is 5.82 Å². The van der Waals surface area contributed by atoms with Gasteiger partial charge in [0.2, 0.25) is 10.0 Å². The fraction of sp³-hybridized carbons (Fsp3) is 0.263. The maximum atomic E-state index is 13.9. The number of halogens is 2. The molecule has 6 nitrogen and oxygen atoms in total. The molecule has 1 fully saturated rings. The van der Waals surface area contributed by atoms with E-state index in [0.29, 0.717) is 24.2 Å². The predicted octanol–water partition coefficient (Wildman–Crippen LogP) is 3.58. The molecule has 2 aromatic carbocycles. The van der Waals surface area contributed by atoms with Gasteiger partial charge in [-0.3, -0.25) is 0 Å². The largest absolute Gasteiger partial charge is 0.334 e. The summed E-state index contributed by atoms with van der Waals surface area (Å²) in [6.45, 7) is 0.476. The molecule has 0 unspecified atom stereocenters. The normalized spacial score (nSPS) is 16.4. The lowest BCUT2D eigenvalue weighted by Crippen LogP contribution is -2.38. The zero-order valence-corrected chi connectivity index (χ0v) is 15.6. The molecule has 28 heavy (non-hydrogen) atoms. The molecule has 0 radical (unpaired) electrons. The van der Waals surface area contributed by atoms with Crippen LogP contribution in [0.5, 0.6) is 0 Å². The minimum absolute atomic E-state index is 0.0648. The SMILES string of the molecule is O=S(=O)(c1ccccc1F)N1CCC(c2noc(-c3ccc(F)cc3)n2)CC1. The van der Waals surface area contributed by atoms with Crippen LogP contribution in [-0.4, -0.2) is 36.0 Å². The molecular weight excluding hydrogens is 388 g/mol. The second-order valence-electron chi connectivity index (χ2n) is 6.57. The van der Waals surface area contributed by atoms with Crippen LogP contribution in [0.15, 0.2) is 57.9 Å². The average Bonchev–Trinajstić information content (AvgIpc) is 3.19. The fourth-order valence-corrected chi connectivity index (χ4v) is 4.79. The second kappa shape index (κ2) is 7.40. The van der Waals surface area contributed by atoms with E-state index in [-0.39, 0.29) is 35.6 Å². The van der Waals surface area contributed by atoms with E-state index in [2.05, 4.69) is 10.1 Å². The Morgan fingerprint density at radius 3 is 2.36 bits per heavy atom. The summed E-state index contributed by atoms with van der Waals surface area (Å²) < 4.78 is 58.8. The Morgan fingerprint density at radius 1 is 1.00 bits per heavy atom. The quantitative estimate of drug-likeness (QED) is 0.663. The highest BCUT2D eigenvalue weighted by atomic mass is 32.2. The Hall–Kier alpha value is -2.65. The van der Waals surface area contributed by atoms with Gasteiger partial charge in [-0.25, -0.2) is 17.2 Å². The van der Waals surface area contributed by atoms with E-state index < -0.39 is 15.8 Å². The van der Waals surface area contributed by atoms with Gasteiger partial charge in [0.1, 0.15) is 16.5 Å². The van der Waals surface area contributed by atoms with E-state index in [1.807, 2.05) is 0 Å². The van der Waals surface area contributed by atoms with E-state index in [1.54, 1.807) is 12.1 Å². The molecule has 4 rings (SSSR count). The first kappa shape index (κ1) is 18.7. The molecule has 1 aliphatic rings. The van der Waals surface area contributed by atoms with Crippen LogP contribution in [0.25, 0.3) is 11.5 Å². The van der Waals surface area contributed by atoms with Crippen molar-refractivity contribution in [3.05, 3.63) is 66.0 Å². The summed E-state index contributed by atoms with van der Waals surface area (Å²) in [7, 11) is -3.88. The van der Waals surface area contributed by atoms with Gasteiger partial charge in [-0.05, 0) is 49.2 Å². The van der Waals surface area contributed by atoms with Crippen LogP contribution in [0.2, 0.25) is 0 Å². The van der Waals surface area contributed by atoms with Crippen molar-refractivity contribution in [1.82, 2.24) is 14.4 Å². The fourth-order valence-electron chi connectivity index (χ4n) is 3.26. The van der Waals surface area contributed by atoms with Crippen LogP contribution in [0.3, 0.4) is 0 Å². The van der Waals surface area contributed by atoms with Crippen molar-refractivity contribution in [1.29, 1.82) is 0 Å². The second-order valence-corrected chi connectivity index (χ2v) is 8.48. The highest BCUT2D eigenvalue weighted by Crippen LogP contribution is 2.31. The number of hydrogen-bond donors (Lipinski definition) is 0. The van der Waals surface area contributed by atoms with E-state index in [4.69, 9.17) is 4.52 Å². The third-order valence-corrected chi connectivity index (χ3v) is 6.74. The molecule has 9 heteroatoms. The average molecular weight is 405 g/mol. The molecule has 3 aromatic rings. The van der Waals surface area contributed by atoms with Gasteiger partial charge in [0.05, 0.1) is 0 Å². The van der Waals surface area contributed by atoms with E-state index in [9.17, 15) is 17.2 Å². The van der Waals surface area contributed by atoms with E-state index in [1.165, 1.54) is 34.6 Å². The first-order valence-electron chi connectivity index (χ1n) is 8.79. The van der Waals surface area contributed by atoms with Crippen molar-refractivity contribution >= 4 is 10.0 Å². The summed E-state index contributed by atoms with van der Waals surface area (Å²) in [5.41, 5.74) is 0.611. The summed E-state index contributed by atoms with van der Waals surface area (Å²) in [4.78, 5) is 4.05. The Labute approximate surface area is 160 Å². The zero-order valence-electron chi connectivity index (χ0n) is 14.8. The van der Waals surface area contributed by atoms with Crippen LogP contribution in [0.4, 0.5) is 8.78 Å². The Morgan fingerprint density at radius 2 is 1.68 bits per heavy atom. The number of nitrogens with zero attached hydrogens (tertiary/aromatic N) is 3. The lowest BCUT2D eigenvalue weighted by atomic mass is 9.97. The van der Waals surface area contributed by atoms with Crippen molar-refractivity contribution in [3.8, 4) is 11.5 Å². The van der Waals surface area contributed by atoms with Crippen molar-refractivity contribution in [2.45, 2.75) is 23.7 Å². The monoisotopic (exact) mass is 405 g/mol. The van der Waals surface area contributed by atoms with Gasteiger partial charge in [-0.2, -0.15) is 9.29 Å². The van der Waals surface area contributed by atoms with Crippen molar-refractivity contribution in [2.24, 2.45) is 0 Å². The molecule has 2 heterocycles. The van der Waals surface area contributed by atoms with Gasteiger partial charge in [0.25, 0.3) is 5.89 Å². The third-order valence-electron chi connectivity index (χ3n) is 4.81. The Kier molecular flexibility index (Phi) is 4.94. The lowest BCUT2D eigenvalue weighted by Gasteiger charge is -2.29. The predicted molar refractivity (Wildman–Crippen MR) is 96.8 cm³/mol. The van der Waals surface area contributed by atoms with Crippen LogP contribution in [0.1, 0.15) is 24.6 Å². The summed E-state index contributed by atoms with van der Waals surface area (Å²) in [5.74, 6) is -0.401. The van der Waals surface area contributed by atoms with Gasteiger partial charge >= 0.3 is 0 Å². The van der Waals surface area contributed by atoms with Crippen molar-refractivity contribution in [3.63, 3.8) is 0 Å². The number of aromatic nitrogens is 2. The molecule has 0 amide bonds. The van der Waals surface area contributed by atoms with Crippen LogP contribution in [0, 0.1) is 11.6 Å². The minimum atomic E-state index is -3.88. The van der Waals surface area contributed by atoms with Crippen molar-refractivity contribution < 1.29 is 21.7 Å². The maximum Gasteiger partial charge on any atom is 0.257 e. The van der Waals surface area contributed by atoms with E-state index >= 15 is 0 Å². The molecule has 1 aromatic heterocycles. The Bertz CT molecular complexity index is 1080. The molecule has 146 valence electrons. The molecule has 0 aliphatic carbocycles. The van der Waals surface area contributed by atoms with Crippen LogP contribution < -0.4 is 0 Å². The minimum Gasteiger partial charge on any atom is -0.334 e. The summed E-state index contributed by atoms with van der Waals surface area (Å²) in [5, 5.41) is 3.99. The molecular formula is C19H17F2N3O3S. The zero-order chi connectivity index (χ0) is 19.7. The molecule has 0 saturated carbocycles.